The highest BCUT2D eigenvalue weighted by molar-refractivity contribution is 7.98. The molecule has 9 heteroatoms. The van der Waals surface area contributed by atoms with Gasteiger partial charge in [0, 0.05) is 16.7 Å². The first-order chi connectivity index (χ1) is 14.3. The third kappa shape index (κ3) is 5.49. The summed E-state index contributed by atoms with van der Waals surface area (Å²) in [5, 5.41) is 13.2. The van der Waals surface area contributed by atoms with Crippen LogP contribution in [0.5, 0.6) is 0 Å². The van der Waals surface area contributed by atoms with Crippen LogP contribution in [0.4, 0.5) is 0 Å². The molecule has 1 heterocycles. The lowest BCUT2D eigenvalue weighted by Gasteiger charge is -2.20. The van der Waals surface area contributed by atoms with E-state index in [2.05, 4.69) is 27.6 Å². The van der Waals surface area contributed by atoms with Crippen LogP contribution in [-0.4, -0.2) is 26.6 Å². The standard InChI is InChI=1S/C21H21Cl3N4OS/c1-21(2,13-22)19(29)25-11-18-26-27-20(30-12-14-6-4-3-5-7-14)28(18)17-10-15(23)8-9-16(17)24/h3-10H,11-13H2,1-2H3,(H,25,29). The molecule has 2 aromatic carbocycles. The first-order valence-corrected chi connectivity index (χ1v) is 11.5. The SMILES string of the molecule is CC(C)(CCl)C(=O)NCc1nnc(SCc2ccccc2)n1-c1cc(Cl)ccc1Cl. The zero-order chi connectivity index (χ0) is 21.7. The normalized spacial score (nSPS) is 11.5. The van der Waals surface area contributed by atoms with Crippen LogP contribution in [0, 0.1) is 5.41 Å². The molecule has 0 fully saturated rings. The van der Waals surface area contributed by atoms with Crippen molar-refractivity contribution < 1.29 is 4.79 Å². The first-order valence-electron chi connectivity index (χ1n) is 9.22. The van der Waals surface area contributed by atoms with Crippen molar-refractivity contribution in [3.05, 3.63) is 70.0 Å². The molecule has 3 rings (SSSR count). The van der Waals surface area contributed by atoms with Crippen LogP contribution in [0.15, 0.2) is 53.7 Å². The van der Waals surface area contributed by atoms with Gasteiger partial charge < -0.3 is 5.32 Å². The smallest absolute Gasteiger partial charge is 0.227 e. The van der Waals surface area contributed by atoms with Crippen LogP contribution < -0.4 is 5.32 Å². The van der Waals surface area contributed by atoms with Crippen molar-refractivity contribution in [1.29, 1.82) is 0 Å². The minimum absolute atomic E-state index is 0.164. The Morgan fingerprint density at radius 2 is 1.87 bits per heavy atom. The molecule has 0 saturated carbocycles. The zero-order valence-corrected chi connectivity index (χ0v) is 19.6. The second kappa shape index (κ2) is 10.1. The topological polar surface area (TPSA) is 59.8 Å². The molecule has 1 N–H and O–H groups in total. The molecule has 158 valence electrons. The molecule has 0 radical (unpaired) electrons. The molecule has 0 atom stereocenters. The number of halogens is 3. The van der Waals surface area contributed by atoms with E-state index in [4.69, 9.17) is 34.8 Å². The number of carbonyl (C=O) groups excluding carboxylic acids is 1. The molecule has 0 aliphatic rings. The number of aromatic nitrogens is 3. The van der Waals surface area contributed by atoms with Crippen LogP contribution in [0.25, 0.3) is 5.69 Å². The predicted octanol–water partition coefficient (Wildman–Crippen LogP) is 5.75. The maximum atomic E-state index is 12.5. The Labute approximate surface area is 195 Å². The minimum atomic E-state index is -0.689. The Hall–Kier alpha value is -1.73. The van der Waals surface area contributed by atoms with Crippen LogP contribution in [0.1, 0.15) is 25.2 Å². The van der Waals surface area contributed by atoms with Gasteiger partial charge in [0.05, 0.1) is 22.7 Å². The number of benzene rings is 2. The number of nitrogens with zero attached hydrogens (tertiary/aromatic N) is 3. The molecule has 1 amide bonds. The van der Waals surface area contributed by atoms with Crippen molar-refractivity contribution >= 4 is 52.5 Å². The summed E-state index contributed by atoms with van der Waals surface area (Å²) >= 11 is 20.1. The van der Waals surface area contributed by atoms with Gasteiger partial charge in [-0.2, -0.15) is 0 Å². The summed E-state index contributed by atoms with van der Waals surface area (Å²) in [5.41, 5.74) is 1.13. The van der Waals surface area contributed by atoms with E-state index in [1.54, 1.807) is 32.0 Å². The maximum Gasteiger partial charge on any atom is 0.227 e. The molecular formula is C21H21Cl3N4OS. The van der Waals surface area contributed by atoms with Crippen LogP contribution >= 0.6 is 46.6 Å². The summed E-state index contributed by atoms with van der Waals surface area (Å²) in [6, 6.07) is 15.3. The van der Waals surface area contributed by atoms with Gasteiger partial charge in [-0.15, -0.1) is 21.8 Å². The summed E-state index contributed by atoms with van der Waals surface area (Å²) in [5.74, 6) is 1.31. The zero-order valence-electron chi connectivity index (χ0n) is 16.5. The fourth-order valence-corrected chi connectivity index (χ4v) is 4.00. The molecule has 0 aliphatic heterocycles. The Balaban J connectivity index is 1.91. The second-order valence-electron chi connectivity index (χ2n) is 7.30. The van der Waals surface area contributed by atoms with E-state index in [0.717, 1.165) is 5.56 Å². The summed E-state index contributed by atoms with van der Waals surface area (Å²) < 4.78 is 1.83. The van der Waals surface area contributed by atoms with Crippen LogP contribution in [0.3, 0.4) is 0 Å². The van der Waals surface area contributed by atoms with Crippen LogP contribution in [0.2, 0.25) is 10.0 Å². The Morgan fingerprint density at radius 3 is 2.57 bits per heavy atom. The largest absolute Gasteiger partial charge is 0.348 e. The van der Waals surface area contributed by atoms with Gasteiger partial charge in [-0.3, -0.25) is 9.36 Å². The van der Waals surface area contributed by atoms with E-state index < -0.39 is 5.41 Å². The summed E-state index contributed by atoms with van der Waals surface area (Å²) in [4.78, 5) is 12.5. The minimum Gasteiger partial charge on any atom is -0.348 e. The lowest BCUT2D eigenvalue weighted by Crippen LogP contribution is -2.38. The van der Waals surface area contributed by atoms with Gasteiger partial charge in [-0.05, 0) is 37.6 Å². The lowest BCUT2D eigenvalue weighted by molar-refractivity contribution is -0.128. The van der Waals surface area contributed by atoms with E-state index in [0.29, 0.717) is 32.5 Å². The van der Waals surface area contributed by atoms with Gasteiger partial charge >= 0.3 is 0 Å². The molecule has 0 saturated heterocycles. The third-order valence-electron chi connectivity index (χ3n) is 4.42. The Morgan fingerprint density at radius 1 is 1.13 bits per heavy atom. The summed E-state index contributed by atoms with van der Waals surface area (Å²) in [6.07, 6.45) is 0. The average molecular weight is 484 g/mol. The number of rotatable bonds is 8. The van der Waals surface area contributed by atoms with Gasteiger partial charge in [-0.25, -0.2) is 0 Å². The van der Waals surface area contributed by atoms with Crippen molar-refractivity contribution in [3.8, 4) is 5.69 Å². The van der Waals surface area contributed by atoms with Crippen molar-refractivity contribution in [1.82, 2.24) is 20.1 Å². The molecule has 0 unspecified atom stereocenters. The monoisotopic (exact) mass is 482 g/mol. The fourth-order valence-electron chi connectivity index (χ4n) is 2.59. The summed E-state index contributed by atoms with van der Waals surface area (Å²) in [7, 11) is 0. The molecule has 0 aliphatic carbocycles. The van der Waals surface area contributed by atoms with E-state index in [1.165, 1.54) is 11.8 Å². The van der Waals surface area contributed by atoms with E-state index >= 15 is 0 Å². The number of alkyl halides is 1. The van der Waals surface area contributed by atoms with E-state index in [1.807, 2.05) is 22.8 Å². The highest BCUT2D eigenvalue weighted by atomic mass is 35.5. The van der Waals surface area contributed by atoms with Crippen molar-refractivity contribution in [3.63, 3.8) is 0 Å². The molecule has 0 spiro atoms. The molecule has 0 bridgehead atoms. The average Bonchev–Trinajstić information content (AvgIpc) is 3.15. The number of hydrogen-bond acceptors (Lipinski definition) is 4. The second-order valence-corrected chi connectivity index (χ2v) is 9.36. The van der Waals surface area contributed by atoms with E-state index in [-0.39, 0.29) is 18.3 Å². The van der Waals surface area contributed by atoms with Gasteiger partial charge in [0.25, 0.3) is 0 Å². The van der Waals surface area contributed by atoms with Gasteiger partial charge in [-0.1, -0.05) is 65.3 Å². The first kappa shape index (κ1) is 22.9. The van der Waals surface area contributed by atoms with Crippen molar-refractivity contribution in [2.24, 2.45) is 5.41 Å². The van der Waals surface area contributed by atoms with E-state index in [9.17, 15) is 4.79 Å². The highest BCUT2D eigenvalue weighted by Crippen LogP contribution is 2.31. The number of thioether (sulfide) groups is 1. The van der Waals surface area contributed by atoms with Gasteiger partial charge in [0.15, 0.2) is 11.0 Å². The molecule has 3 aromatic rings. The lowest BCUT2D eigenvalue weighted by atomic mass is 9.95. The van der Waals surface area contributed by atoms with Crippen molar-refractivity contribution in [2.75, 3.05) is 5.88 Å². The number of hydrogen-bond donors (Lipinski definition) is 1. The fraction of sp³-hybridized carbons (Fsp3) is 0.286. The molecule has 30 heavy (non-hydrogen) atoms. The van der Waals surface area contributed by atoms with Crippen LogP contribution in [-0.2, 0) is 17.1 Å². The number of carbonyl (C=O) groups is 1. The Kier molecular flexibility index (Phi) is 7.69. The highest BCUT2D eigenvalue weighted by Gasteiger charge is 2.27. The quantitative estimate of drug-likeness (QED) is 0.327. The molecule has 5 nitrogen and oxygen atoms in total. The predicted molar refractivity (Wildman–Crippen MR) is 124 cm³/mol. The summed E-state index contributed by atoms with van der Waals surface area (Å²) in [6.45, 7) is 3.75. The van der Waals surface area contributed by atoms with Gasteiger partial charge in [0.1, 0.15) is 0 Å². The number of amides is 1. The van der Waals surface area contributed by atoms with Gasteiger partial charge in [0.2, 0.25) is 5.91 Å². The Bertz CT molecular complexity index is 1020. The van der Waals surface area contributed by atoms with Crippen molar-refractivity contribution in [2.45, 2.75) is 31.3 Å². The maximum absolute atomic E-state index is 12.5. The number of nitrogens with one attached hydrogen (secondary N) is 1. The third-order valence-corrected chi connectivity index (χ3v) is 6.64. The molecular weight excluding hydrogens is 463 g/mol. The molecule has 1 aromatic heterocycles.